The minimum atomic E-state index is -3.69. The van der Waals surface area contributed by atoms with Crippen molar-refractivity contribution in [3.63, 3.8) is 0 Å². The maximum Gasteiger partial charge on any atom is 0.261 e. The zero-order valence-electron chi connectivity index (χ0n) is 25.1. The molecule has 0 saturated carbocycles. The Morgan fingerprint density at radius 2 is 1.61 bits per heavy atom. The van der Waals surface area contributed by atoms with Gasteiger partial charge in [-0.2, -0.15) is 4.31 Å². The molecule has 1 aromatic heterocycles. The van der Waals surface area contributed by atoms with Crippen LogP contribution in [0.3, 0.4) is 0 Å². The zero-order chi connectivity index (χ0) is 32.4. The molecule has 0 radical (unpaired) electrons. The summed E-state index contributed by atoms with van der Waals surface area (Å²) in [5, 5.41) is 2.91. The minimum Gasteiger partial charge on any atom is -0.484 e. The number of benzene rings is 3. The fourth-order valence-electron chi connectivity index (χ4n) is 5.01. The third-order valence-electron chi connectivity index (χ3n) is 7.50. The second-order valence-electron chi connectivity index (χ2n) is 10.7. The van der Waals surface area contributed by atoms with E-state index in [0.717, 1.165) is 5.56 Å². The number of amides is 2. The average molecular weight is 647 g/mol. The molecule has 1 N–H and O–H groups in total. The van der Waals surface area contributed by atoms with Crippen LogP contribution in [0, 0.1) is 5.82 Å². The van der Waals surface area contributed by atoms with E-state index in [2.05, 4.69) is 10.3 Å². The van der Waals surface area contributed by atoms with Gasteiger partial charge in [0.15, 0.2) is 6.61 Å². The fourth-order valence-corrected chi connectivity index (χ4v) is 6.42. The minimum absolute atomic E-state index is 0.0215. The molecule has 240 valence electrons. The van der Waals surface area contributed by atoms with Crippen molar-refractivity contribution in [1.29, 1.82) is 0 Å². The molecule has 1 fully saturated rings. The van der Waals surface area contributed by atoms with Crippen LogP contribution >= 0.6 is 0 Å². The van der Waals surface area contributed by atoms with Gasteiger partial charge in [-0.25, -0.2) is 12.8 Å². The highest BCUT2D eigenvalue weighted by Gasteiger charge is 2.31. The van der Waals surface area contributed by atoms with Gasteiger partial charge in [-0.1, -0.05) is 48.5 Å². The van der Waals surface area contributed by atoms with Gasteiger partial charge in [0.2, 0.25) is 15.9 Å². The number of hydrogen-bond donors (Lipinski definition) is 1. The summed E-state index contributed by atoms with van der Waals surface area (Å²) in [7, 11) is -3.69. The Hall–Kier alpha value is -4.65. The molecule has 0 spiro atoms. The molecule has 0 bridgehead atoms. The van der Waals surface area contributed by atoms with Crippen LogP contribution in [0.4, 0.5) is 4.39 Å². The lowest BCUT2D eigenvalue weighted by Gasteiger charge is -2.31. The molecule has 10 nitrogen and oxygen atoms in total. The lowest BCUT2D eigenvalue weighted by Crippen LogP contribution is -2.51. The number of pyridine rings is 1. The van der Waals surface area contributed by atoms with Crippen molar-refractivity contribution >= 4 is 21.8 Å². The summed E-state index contributed by atoms with van der Waals surface area (Å²) in [6.07, 6.45) is 1.85. The average Bonchev–Trinajstić information content (AvgIpc) is 3.10. The Labute approximate surface area is 267 Å². The summed E-state index contributed by atoms with van der Waals surface area (Å²) in [6.45, 7) is 0.993. The maximum atomic E-state index is 13.9. The Kier molecular flexibility index (Phi) is 11.1. The van der Waals surface area contributed by atoms with Crippen LogP contribution in [0.1, 0.15) is 16.8 Å². The Balaban J connectivity index is 1.35. The summed E-state index contributed by atoms with van der Waals surface area (Å²) in [4.78, 5) is 33.4. The number of carbonyl (C=O) groups is 2. The third kappa shape index (κ3) is 8.75. The molecule has 3 aromatic carbocycles. The van der Waals surface area contributed by atoms with E-state index in [0.29, 0.717) is 24.5 Å². The summed E-state index contributed by atoms with van der Waals surface area (Å²) in [5.41, 5.74) is 2.13. The van der Waals surface area contributed by atoms with Crippen molar-refractivity contribution in [1.82, 2.24) is 19.5 Å². The number of rotatable bonds is 13. The number of aromatic nitrogens is 1. The first kappa shape index (κ1) is 32.7. The highest BCUT2D eigenvalue weighted by molar-refractivity contribution is 7.89. The molecule has 1 aliphatic rings. The van der Waals surface area contributed by atoms with Crippen molar-refractivity contribution in [2.45, 2.75) is 30.4 Å². The van der Waals surface area contributed by atoms with E-state index >= 15 is 0 Å². The summed E-state index contributed by atoms with van der Waals surface area (Å²) in [5.74, 6) is -1.00. The van der Waals surface area contributed by atoms with Crippen molar-refractivity contribution in [2.75, 3.05) is 32.9 Å². The van der Waals surface area contributed by atoms with E-state index in [-0.39, 0.29) is 49.2 Å². The zero-order valence-corrected chi connectivity index (χ0v) is 25.9. The first-order valence-corrected chi connectivity index (χ1v) is 16.3. The van der Waals surface area contributed by atoms with Crippen molar-refractivity contribution in [2.24, 2.45) is 0 Å². The number of nitrogens with one attached hydrogen (secondary N) is 1. The van der Waals surface area contributed by atoms with Gasteiger partial charge in [-0.15, -0.1) is 0 Å². The van der Waals surface area contributed by atoms with Gasteiger partial charge < -0.3 is 19.7 Å². The first-order valence-electron chi connectivity index (χ1n) is 14.9. The van der Waals surface area contributed by atoms with E-state index in [1.54, 1.807) is 30.5 Å². The quantitative estimate of drug-likeness (QED) is 0.236. The van der Waals surface area contributed by atoms with Crippen LogP contribution in [0.2, 0.25) is 0 Å². The second kappa shape index (κ2) is 15.6. The monoisotopic (exact) mass is 646 g/mol. The topological polar surface area (TPSA) is 118 Å². The van der Waals surface area contributed by atoms with Gasteiger partial charge in [-0.3, -0.25) is 14.6 Å². The van der Waals surface area contributed by atoms with Crippen LogP contribution in [-0.2, 0) is 43.9 Å². The van der Waals surface area contributed by atoms with Crippen LogP contribution in [0.25, 0.3) is 0 Å². The fraction of sp³-hybridized carbons (Fsp3) is 0.265. The molecule has 1 saturated heterocycles. The number of morpholine rings is 1. The highest BCUT2D eigenvalue weighted by atomic mass is 32.2. The number of carbonyl (C=O) groups excluding carboxylic acids is 2. The second-order valence-corrected chi connectivity index (χ2v) is 12.6. The summed E-state index contributed by atoms with van der Waals surface area (Å²) >= 11 is 0. The molecule has 2 amide bonds. The van der Waals surface area contributed by atoms with Gasteiger partial charge in [-0.05, 0) is 59.7 Å². The van der Waals surface area contributed by atoms with Gasteiger partial charge in [0.25, 0.3) is 5.91 Å². The van der Waals surface area contributed by atoms with Crippen LogP contribution in [0.5, 0.6) is 5.75 Å². The van der Waals surface area contributed by atoms with Crippen LogP contribution in [-0.4, -0.2) is 73.4 Å². The molecule has 0 unspecified atom stereocenters. The van der Waals surface area contributed by atoms with Crippen molar-refractivity contribution in [3.8, 4) is 5.75 Å². The first-order chi connectivity index (χ1) is 22.3. The smallest absolute Gasteiger partial charge is 0.261 e. The Morgan fingerprint density at radius 1 is 0.913 bits per heavy atom. The number of halogens is 1. The summed E-state index contributed by atoms with van der Waals surface area (Å²) < 4.78 is 52.1. The Morgan fingerprint density at radius 3 is 2.28 bits per heavy atom. The highest BCUT2D eigenvalue weighted by Crippen LogP contribution is 2.21. The third-order valence-corrected chi connectivity index (χ3v) is 9.41. The molecule has 4 aromatic rings. The Bertz CT molecular complexity index is 1690. The van der Waals surface area contributed by atoms with Crippen LogP contribution < -0.4 is 10.1 Å². The largest absolute Gasteiger partial charge is 0.484 e. The normalized spacial score (nSPS) is 14.3. The van der Waals surface area contributed by atoms with Crippen molar-refractivity contribution in [3.05, 3.63) is 126 Å². The lowest BCUT2D eigenvalue weighted by atomic mass is 10.0. The number of sulfonamides is 1. The van der Waals surface area contributed by atoms with Gasteiger partial charge in [0, 0.05) is 32.3 Å². The van der Waals surface area contributed by atoms with Gasteiger partial charge in [0.05, 0.1) is 30.3 Å². The van der Waals surface area contributed by atoms with Crippen molar-refractivity contribution < 1.29 is 31.9 Å². The molecule has 12 heteroatoms. The molecule has 2 heterocycles. The standard InChI is InChI=1S/C34H35FN4O6S/c35-28-11-9-27(10-12-28)24-39(32(22-26-6-2-1-3-7-26)34(41)37-23-29-8-4-5-17-36-29)33(40)25-45-30-13-15-31(16-14-30)46(42,43)38-18-20-44-21-19-38/h1-17,32H,18-25H2,(H,37,41)/t32-/m0/s1. The maximum absolute atomic E-state index is 13.9. The molecule has 1 atom stereocenters. The molecule has 0 aliphatic carbocycles. The van der Waals surface area contributed by atoms with E-state index in [9.17, 15) is 22.4 Å². The summed E-state index contributed by atoms with van der Waals surface area (Å²) in [6, 6.07) is 25.4. The molecular formula is C34H35FN4O6S. The predicted molar refractivity (Wildman–Crippen MR) is 168 cm³/mol. The number of ether oxygens (including phenoxy) is 2. The number of hydrogen-bond acceptors (Lipinski definition) is 7. The van der Waals surface area contributed by atoms with E-state index < -0.39 is 34.4 Å². The van der Waals surface area contributed by atoms with Crippen LogP contribution in [0.15, 0.2) is 108 Å². The van der Waals surface area contributed by atoms with E-state index in [4.69, 9.17) is 9.47 Å². The van der Waals surface area contributed by atoms with Gasteiger partial charge >= 0.3 is 0 Å². The van der Waals surface area contributed by atoms with E-state index in [1.807, 2.05) is 36.4 Å². The lowest BCUT2D eigenvalue weighted by molar-refractivity contribution is -0.142. The van der Waals surface area contributed by atoms with E-state index in [1.165, 1.54) is 45.6 Å². The molecule has 1 aliphatic heterocycles. The number of nitrogens with zero attached hydrogens (tertiary/aromatic N) is 3. The SMILES string of the molecule is O=C(NCc1ccccn1)[C@H](Cc1ccccc1)N(Cc1ccc(F)cc1)C(=O)COc1ccc(S(=O)(=O)N2CCOCC2)cc1. The molecule has 5 rings (SSSR count). The molecule has 46 heavy (non-hydrogen) atoms. The van der Waals surface area contributed by atoms with Gasteiger partial charge in [0.1, 0.15) is 17.6 Å². The predicted octanol–water partition coefficient (Wildman–Crippen LogP) is 3.58. The molecular weight excluding hydrogens is 611 g/mol.